The second-order valence-corrected chi connectivity index (χ2v) is 6.31. The number of amides is 1. The molecule has 5 heteroatoms. The number of aromatic nitrogens is 2. The molecule has 0 saturated carbocycles. The number of hydrogen-bond donors (Lipinski definition) is 2. The molecule has 1 atom stereocenters. The van der Waals surface area contributed by atoms with E-state index in [1.807, 2.05) is 24.4 Å². The average molecular weight is 313 g/mol. The van der Waals surface area contributed by atoms with Gasteiger partial charge in [-0.2, -0.15) is 11.8 Å². The molecule has 0 fully saturated rings. The van der Waals surface area contributed by atoms with Gasteiger partial charge < -0.3 is 10.3 Å². The monoisotopic (exact) mass is 313 g/mol. The van der Waals surface area contributed by atoms with E-state index in [1.54, 1.807) is 18.7 Å². The van der Waals surface area contributed by atoms with Crippen LogP contribution in [0.4, 0.5) is 0 Å². The highest BCUT2D eigenvalue weighted by Crippen LogP contribution is 2.30. The Balaban J connectivity index is 2.13. The number of carbonyl (C=O) groups excluding carboxylic acids is 1. The van der Waals surface area contributed by atoms with Crippen molar-refractivity contribution < 1.29 is 4.79 Å². The van der Waals surface area contributed by atoms with Crippen molar-refractivity contribution in [2.24, 2.45) is 0 Å². The third-order valence-corrected chi connectivity index (χ3v) is 4.42. The minimum Gasteiger partial charge on any atom is -0.353 e. The number of nitrogens with one attached hydrogen (secondary N) is 2. The molecular formula is C17H19N3OS. The summed E-state index contributed by atoms with van der Waals surface area (Å²) in [6.07, 6.45) is 4.76. The summed E-state index contributed by atoms with van der Waals surface area (Å²) < 4.78 is 0. The van der Waals surface area contributed by atoms with Crippen LogP contribution in [-0.2, 0) is 4.79 Å². The topological polar surface area (TPSA) is 57.8 Å². The van der Waals surface area contributed by atoms with Crippen LogP contribution in [0, 0.1) is 0 Å². The maximum absolute atomic E-state index is 11.5. The number of H-pyrrole nitrogens is 1. The van der Waals surface area contributed by atoms with E-state index in [1.165, 1.54) is 5.39 Å². The smallest absolute Gasteiger partial charge is 0.217 e. The van der Waals surface area contributed by atoms with Crippen molar-refractivity contribution in [3.8, 4) is 0 Å². The lowest BCUT2D eigenvalue weighted by Gasteiger charge is -2.17. The molecule has 0 aliphatic heterocycles. The number of carbonyl (C=O) groups is 1. The molecule has 1 amide bonds. The lowest BCUT2D eigenvalue weighted by molar-refractivity contribution is -0.119. The Labute approximate surface area is 133 Å². The molecule has 0 unspecified atom stereocenters. The van der Waals surface area contributed by atoms with Crippen molar-refractivity contribution in [1.29, 1.82) is 0 Å². The zero-order chi connectivity index (χ0) is 15.5. The number of rotatable bonds is 5. The summed E-state index contributed by atoms with van der Waals surface area (Å²) in [5.74, 6) is 0.949. The minimum absolute atomic E-state index is 0.0268. The van der Waals surface area contributed by atoms with E-state index < -0.39 is 0 Å². The van der Waals surface area contributed by atoms with E-state index in [0.717, 1.165) is 34.3 Å². The van der Waals surface area contributed by atoms with Gasteiger partial charge in [-0.05, 0) is 30.6 Å². The number of nitrogens with zero attached hydrogens (tertiary/aromatic N) is 1. The predicted molar refractivity (Wildman–Crippen MR) is 93.2 cm³/mol. The highest BCUT2D eigenvalue weighted by Gasteiger charge is 2.18. The maximum atomic E-state index is 11.5. The molecule has 3 aromatic rings. The van der Waals surface area contributed by atoms with Gasteiger partial charge in [-0.15, -0.1) is 0 Å². The van der Waals surface area contributed by atoms with Crippen molar-refractivity contribution in [2.45, 2.75) is 19.4 Å². The van der Waals surface area contributed by atoms with Crippen LogP contribution in [-0.4, -0.2) is 27.9 Å². The van der Waals surface area contributed by atoms with Crippen molar-refractivity contribution >= 4 is 39.5 Å². The van der Waals surface area contributed by atoms with E-state index in [-0.39, 0.29) is 11.9 Å². The van der Waals surface area contributed by atoms with E-state index in [2.05, 4.69) is 33.7 Å². The molecule has 22 heavy (non-hydrogen) atoms. The third kappa shape index (κ3) is 2.81. The third-order valence-electron chi connectivity index (χ3n) is 3.78. The molecule has 3 rings (SSSR count). The molecule has 0 aliphatic rings. The number of para-hydroxylation sites is 1. The van der Waals surface area contributed by atoms with Crippen LogP contribution in [0.15, 0.2) is 36.5 Å². The van der Waals surface area contributed by atoms with E-state index in [4.69, 9.17) is 0 Å². The van der Waals surface area contributed by atoms with Crippen LogP contribution in [0.2, 0.25) is 0 Å². The predicted octanol–water partition coefficient (Wildman–Crippen LogP) is 3.65. The van der Waals surface area contributed by atoms with E-state index >= 15 is 0 Å². The number of thioether (sulfide) groups is 1. The first kappa shape index (κ1) is 14.9. The molecule has 2 aromatic heterocycles. The SMILES string of the molecule is CSCC[C@@H](NC(C)=O)c1nccc2c1[nH]c1ccccc12. The van der Waals surface area contributed by atoms with Gasteiger partial charge in [0.1, 0.15) is 0 Å². The van der Waals surface area contributed by atoms with Gasteiger partial charge in [0.25, 0.3) is 0 Å². The molecule has 4 nitrogen and oxygen atoms in total. The fraction of sp³-hybridized carbons (Fsp3) is 0.294. The summed E-state index contributed by atoms with van der Waals surface area (Å²) in [4.78, 5) is 19.6. The average Bonchev–Trinajstić information content (AvgIpc) is 2.90. The molecule has 2 N–H and O–H groups in total. The van der Waals surface area contributed by atoms with Crippen LogP contribution in [0.3, 0.4) is 0 Å². The normalized spacial score (nSPS) is 12.6. The number of fused-ring (bicyclic) bond motifs is 3. The van der Waals surface area contributed by atoms with Crippen LogP contribution in [0.25, 0.3) is 21.8 Å². The van der Waals surface area contributed by atoms with Gasteiger partial charge in [0.05, 0.1) is 17.3 Å². The molecule has 0 bridgehead atoms. The van der Waals surface area contributed by atoms with Crippen molar-refractivity contribution in [1.82, 2.24) is 15.3 Å². The molecule has 1 aromatic carbocycles. The van der Waals surface area contributed by atoms with Crippen LogP contribution >= 0.6 is 11.8 Å². The first-order chi connectivity index (χ1) is 10.7. The first-order valence-corrected chi connectivity index (χ1v) is 8.71. The quantitative estimate of drug-likeness (QED) is 0.756. The lowest BCUT2D eigenvalue weighted by Crippen LogP contribution is -2.27. The minimum atomic E-state index is -0.0679. The molecule has 0 saturated heterocycles. The van der Waals surface area contributed by atoms with Gasteiger partial charge in [-0.3, -0.25) is 9.78 Å². The lowest BCUT2D eigenvalue weighted by atomic mass is 10.1. The molecule has 0 aliphatic carbocycles. The Morgan fingerprint density at radius 1 is 1.32 bits per heavy atom. The van der Waals surface area contributed by atoms with Gasteiger partial charge in [0, 0.05) is 29.4 Å². The fourth-order valence-corrected chi connectivity index (χ4v) is 3.29. The number of pyridine rings is 1. The van der Waals surface area contributed by atoms with Gasteiger partial charge in [-0.1, -0.05) is 18.2 Å². The Morgan fingerprint density at radius 3 is 2.91 bits per heavy atom. The van der Waals surface area contributed by atoms with Crippen molar-refractivity contribution in [3.05, 3.63) is 42.2 Å². The Bertz CT molecular complexity index is 812. The maximum Gasteiger partial charge on any atom is 0.217 e. The van der Waals surface area contributed by atoms with Crippen molar-refractivity contribution in [3.63, 3.8) is 0 Å². The van der Waals surface area contributed by atoms with Crippen LogP contribution in [0.5, 0.6) is 0 Å². The first-order valence-electron chi connectivity index (χ1n) is 7.32. The summed E-state index contributed by atoms with van der Waals surface area (Å²) in [7, 11) is 0. The van der Waals surface area contributed by atoms with Gasteiger partial charge in [0.2, 0.25) is 5.91 Å². The highest BCUT2D eigenvalue weighted by atomic mass is 32.2. The highest BCUT2D eigenvalue weighted by molar-refractivity contribution is 7.98. The second kappa shape index (κ2) is 6.40. The molecular weight excluding hydrogens is 294 g/mol. The zero-order valence-corrected chi connectivity index (χ0v) is 13.5. The van der Waals surface area contributed by atoms with E-state index in [9.17, 15) is 4.79 Å². The Morgan fingerprint density at radius 2 is 2.14 bits per heavy atom. The second-order valence-electron chi connectivity index (χ2n) is 5.32. The Kier molecular flexibility index (Phi) is 4.34. The summed E-state index contributed by atoms with van der Waals surface area (Å²) >= 11 is 1.77. The van der Waals surface area contributed by atoms with Gasteiger partial charge in [-0.25, -0.2) is 0 Å². The van der Waals surface area contributed by atoms with Crippen molar-refractivity contribution in [2.75, 3.05) is 12.0 Å². The number of hydrogen-bond acceptors (Lipinski definition) is 3. The van der Waals surface area contributed by atoms with Gasteiger partial charge in [0.15, 0.2) is 0 Å². The van der Waals surface area contributed by atoms with Crippen LogP contribution < -0.4 is 5.32 Å². The van der Waals surface area contributed by atoms with Gasteiger partial charge >= 0.3 is 0 Å². The summed E-state index contributed by atoms with van der Waals surface area (Å²) in [5, 5.41) is 5.37. The standard InChI is InChI=1S/C17H19N3OS/c1-11(21)19-15(8-10-22-2)17-16-13(7-9-18-17)12-5-3-4-6-14(12)20-16/h3-7,9,15,20H,8,10H2,1-2H3,(H,19,21)/t15-/m1/s1. The largest absolute Gasteiger partial charge is 0.353 e. The molecule has 0 radical (unpaired) electrons. The molecule has 2 heterocycles. The molecule has 0 spiro atoms. The summed E-state index contributed by atoms with van der Waals surface area (Å²) in [6, 6.07) is 10.2. The summed E-state index contributed by atoms with van der Waals surface area (Å²) in [6.45, 7) is 1.55. The van der Waals surface area contributed by atoms with Crippen LogP contribution in [0.1, 0.15) is 25.1 Å². The zero-order valence-electron chi connectivity index (χ0n) is 12.7. The Hall–Kier alpha value is -2.01. The molecule has 114 valence electrons. The number of aromatic amines is 1. The number of benzene rings is 1. The summed E-state index contributed by atoms with van der Waals surface area (Å²) in [5.41, 5.74) is 3.03. The van der Waals surface area contributed by atoms with E-state index in [0.29, 0.717) is 0 Å². The fourth-order valence-electron chi connectivity index (χ4n) is 2.82.